The second-order valence-corrected chi connectivity index (χ2v) is 6.50. The second-order valence-electron chi connectivity index (χ2n) is 5.59. The number of aryl methyl sites for hydroxylation is 2. The van der Waals surface area contributed by atoms with E-state index in [4.69, 9.17) is 0 Å². The zero-order chi connectivity index (χ0) is 18.7. The maximum Gasteiger partial charge on any atom is 0.353 e. The second kappa shape index (κ2) is 7.44. The third-order valence-electron chi connectivity index (χ3n) is 3.75. The minimum Gasteiger partial charge on any atom is -0.334 e. The van der Waals surface area contributed by atoms with Crippen LogP contribution in [-0.4, -0.2) is 19.9 Å². The number of aromatic nitrogens is 3. The first-order valence-electron chi connectivity index (χ1n) is 7.66. The average Bonchev–Trinajstić information content (AvgIpc) is 2.60. The van der Waals surface area contributed by atoms with Gasteiger partial charge < -0.3 is 10.6 Å². The fraction of sp³-hybridized carbons (Fsp3) is 0.118. The van der Waals surface area contributed by atoms with E-state index >= 15 is 0 Å². The standard InChI is InChI=1S/C17H15BrN6O2/c1-10-3-5-13(7-11(10)2)22-16-15(24(25)26)17(21-9-20-16)23-14-6-4-12(18)8-19-14/h3-9H,1-2H3,(H2,19,20,21,22,23). The van der Waals surface area contributed by atoms with Crippen LogP contribution in [0, 0.1) is 24.0 Å². The van der Waals surface area contributed by atoms with E-state index in [9.17, 15) is 10.1 Å². The fourth-order valence-electron chi connectivity index (χ4n) is 2.26. The SMILES string of the molecule is Cc1ccc(Nc2ncnc(Nc3ccc(Br)cn3)c2[N+](=O)[O-])cc1C. The van der Waals surface area contributed by atoms with Crippen molar-refractivity contribution in [3.63, 3.8) is 0 Å². The molecule has 0 saturated carbocycles. The summed E-state index contributed by atoms with van der Waals surface area (Å²) in [5.74, 6) is 0.603. The van der Waals surface area contributed by atoms with E-state index in [1.807, 2.05) is 32.0 Å². The summed E-state index contributed by atoms with van der Waals surface area (Å²) in [6, 6.07) is 9.15. The lowest BCUT2D eigenvalue weighted by molar-refractivity contribution is -0.383. The molecular weight excluding hydrogens is 400 g/mol. The van der Waals surface area contributed by atoms with Gasteiger partial charge in [-0.1, -0.05) is 6.07 Å². The predicted molar refractivity (Wildman–Crippen MR) is 103 cm³/mol. The summed E-state index contributed by atoms with van der Waals surface area (Å²) in [6.45, 7) is 3.97. The number of nitrogens with one attached hydrogen (secondary N) is 2. The topological polar surface area (TPSA) is 106 Å². The summed E-state index contributed by atoms with van der Waals surface area (Å²) in [5.41, 5.74) is 2.67. The molecule has 0 fully saturated rings. The minimum atomic E-state index is -0.523. The summed E-state index contributed by atoms with van der Waals surface area (Å²) in [4.78, 5) is 23.3. The van der Waals surface area contributed by atoms with Crippen LogP contribution in [0.1, 0.15) is 11.1 Å². The number of hydrogen-bond acceptors (Lipinski definition) is 7. The number of rotatable bonds is 5. The number of hydrogen-bond donors (Lipinski definition) is 2. The van der Waals surface area contributed by atoms with Crippen LogP contribution in [0.2, 0.25) is 0 Å². The molecule has 0 unspecified atom stereocenters. The van der Waals surface area contributed by atoms with Crippen LogP contribution >= 0.6 is 15.9 Å². The number of anilines is 4. The predicted octanol–water partition coefficient (Wildman–Crippen LogP) is 4.65. The molecule has 0 spiro atoms. The molecule has 0 radical (unpaired) electrons. The lowest BCUT2D eigenvalue weighted by atomic mass is 10.1. The quantitative estimate of drug-likeness (QED) is 0.462. The Morgan fingerprint density at radius 1 is 1.00 bits per heavy atom. The van der Waals surface area contributed by atoms with Crippen LogP contribution < -0.4 is 10.6 Å². The van der Waals surface area contributed by atoms with Crippen LogP contribution in [0.15, 0.2) is 47.3 Å². The van der Waals surface area contributed by atoms with E-state index in [2.05, 4.69) is 41.5 Å². The molecule has 0 amide bonds. The Hall–Kier alpha value is -3.07. The third-order valence-corrected chi connectivity index (χ3v) is 4.22. The smallest absolute Gasteiger partial charge is 0.334 e. The summed E-state index contributed by atoms with van der Waals surface area (Å²) in [7, 11) is 0. The van der Waals surface area contributed by atoms with Gasteiger partial charge in [-0.3, -0.25) is 10.1 Å². The van der Waals surface area contributed by atoms with Gasteiger partial charge in [0.25, 0.3) is 0 Å². The Morgan fingerprint density at radius 3 is 2.35 bits per heavy atom. The van der Waals surface area contributed by atoms with Crippen LogP contribution in [-0.2, 0) is 0 Å². The number of nitro groups is 1. The van der Waals surface area contributed by atoms with Crippen LogP contribution in [0.3, 0.4) is 0 Å². The van der Waals surface area contributed by atoms with E-state index in [0.29, 0.717) is 11.5 Å². The first-order valence-corrected chi connectivity index (χ1v) is 8.45. The van der Waals surface area contributed by atoms with Crippen molar-refractivity contribution in [2.45, 2.75) is 13.8 Å². The lowest BCUT2D eigenvalue weighted by Crippen LogP contribution is -2.06. The zero-order valence-electron chi connectivity index (χ0n) is 14.0. The molecule has 2 N–H and O–H groups in total. The molecule has 3 rings (SSSR count). The third kappa shape index (κ3) is 3.94. The van der Waals surface area contributed by atoms with Gasteiger partial charge in [0, 0.05) is 16.4 Å². The highest BCUT2D eigenvalue weighted by atomic mass is 79.9. The number of benzene rings is 1. The Labute approximate surface area is 158 Å². The van der Waals surface area contributed by atoms with E-state index in [1.54, 1.807) is 18.3 Å². The van der Waals surface area contributed by atoms with Gasteiger partial charge in [-0.25, -0.2) is 15.0 Å². The van der Waals surface area contributed by atoms with Gasteiger partial charge in [0.2, 0.25) is 11.6 Å². The highest BCUT2D eigenvalue weighted by Crippen LogP contribution is 2.33. The monoisotopic (exact) mass is 414 g/mol. The summed E-state index contributed by atoms with van der Waals surface area (Å²) in [6.07, 6.45) is 2.85. The molecule has 8 nitrogen and oxygen atoms in total. The van der Waals surface area contributed by atoms with Gasteiger partial charge >= 0.3 is 5.69 Å². The van der Waals surface area contributed by atoms with Crippen LogP contribution in [0.4, 0.5) is 28.8 Å². The lowest BCUT2D eigenvalue weighted by Gasteiger charge is -2.11. The van der Waals surface area contributed by atoms with Gasteiger partial charge in [0.05, 0.1) is 4.92 Å². The maximum atomic E-state index is 11.6. The first-order chi connectivity index (χ1) is 12.4. The van der Waals surface area contributed by atoms with Crippen LogP contribution in [0.5, 0.6) is 0 Å². The van der Waals surface area contributed by atoms with E-state index in [1.165, 1.54) is 6.33 Å². The molecule has 2 aromatic heterocycles. The molecule has 2 heterocycles. The Kier molecular flexibility index (Phi) is 5.08. The van der Waals surface area contributed by atoms with E-state index in [0.717, 1.165) is 15.6 Å². The molecule has 26 heavy (non-hydrogen) atoms. The molecule has 9 heteroatoms. The molecule has 0 saturated heterocycles. The van der Waals surface area contributed by atoms with Crippen molar-refractivity contribution in [1.29, 1.82) is 0 Å². The molecule has 0 aliphatic heterocycles. The highest BCUT2D eigenvalue weighted by molar-refractivity contribution is 9.10. The zero-order valence-corrected chi connectivity index (χ0v) is 15.6. The van der Waals surface area contributed by atoms with Gasteiger partial charge in [0.1, 0.15) is 12.1 Å². The first kappa shape index (κ1) is 17.7. The molecule has 0 atom stereocenters. The fourth-order valence-corrected chi connectivity index (χ4v) is 2.50. The van der Waals surface area contributed by atoms with Crippen molar-refractivity contribution in [1.82, 2.24) is 15.0 Å². The number of nitrogens with zero attached hydrogens (tertiary/aromatic N) is 4. The largest absolute Gasteiger partial charge is 0.353 e. The molecule has 0 bridgehead atoms. The number of halogens is 1. The van der Waals surface area contributed by atoms with Gasteiger partial charge in [-0.05, 0) is 65.2 Å². The minimum absolute atomic E-state index is 0.0613. The van der Waals surface area contributed by atoms with Crippen molar-refractivity contribution in [2.24, 2.45) is 0 Å². The summed E-state index contributed by atoms with van der Waals surface area (Å²) in [5, 5.41) is 17.5. The molecule has 0 aliphatic carbocycles. The van der Waals surface area contributed by atoms with Gasteiger partial charge in [-0.15, -0.1) is 0 Å². The molecular formula is C17H15BrN6O2. The maximum absolute atomic E-state index is 11.6. The Bertz CT molecular complexity index is 962. The van der Waals surface area contributed by atoms with E-state index < -0.39 is 4.92 Å². The van der Waals surface area contributed by atoms with Gasteiger partial charge in [0.15, 0.2) is 0 Å². The van der Waals surface area contributed by atoms with Crippen molar-refractivity contribution >= 4 is 44.8 Å². The van der Waals surface area contributed by atoms with Crippen molar-refractivity contribution < 1.29 is 4.92 Å². The number of pyridine rings is 1. The molecule has 132 valence electrons. The van der Waals surface area contributed by atoms with Crippen molar-refractivity contribution in [3.8, 4) is 0 Å². The Morgan fingerprint density at radius 2 is 1.73 bits per heavy atom. The Balaban J connectivity index is 1.96. The normalized spacial score (nSPS) is 10.4. The molecule has 3 aromatic rings. The highest BCUT2D eigenvalue weighted by Gasteiger charge is 2.23. The van der Waals surface area contributed by atoms with E-state index in [-0.39, 0.29) is 17.3 Å². The van der Waals surface area contributed by atoms with Crippen molar-refractivity contribution in [2.75, 3.05) is 10.6 Å². The molecule has 1 aromatic carbocycles. The van der Waals surface area contributed by atoms with Crippen molar-refractivity contribution in [3.05, 3.63) is 68.6 Å². The average molecular weight is 415 g/mol. The molecule has 0 aliphatic rings. The van der Waals surface area contributed by atoms with Gasteiger partial charge in [-0.2, -0.15) is 0 Å². The summed E-state index contributed by atoms with van der Waals surface area (Å²) >= 11 is 3.29. The summed E-state index contributed by atoms with van der Waals surface area (Å²) < 4.78 is 0.803. The van der Waals surface area contributed by atoms with Crippen LogP contribution in [0.25, 0.3) is 0 Å².